The van der Waals surface area contributed by atoms with Crippen LogP contribution in [0.15, 0.2) is 42.5 Å². The average Bonchev–Trinajstić information content (AvgIpc) is 2.77. The van der Waals surface area contributed by atoms with Crippen molar-refractivity contribution in [2.45, 2.75) is 52.2 Å². The van der Waals surface area contributed by atoms with E-state index in [4.69, 9.17) is 21.1 Å². The van der Waals surface area contributed by atoms with E-state index >= 15 is 0 Å². The number of halogens is 1. The molecule has 184 valence electrons. The predicted octanol–water partition coefficient (Wildman–Crippen LogP) is 4.36. The lowest BCUT2D eigenvalue weighted by Gasteiger charge is -2.33. The van der Waals surface area contributed by atoms with E-state index in [1.54, 1.807) is 24.3 Å². The summed E-state index contributed by atoms with van der Waals surface area (Å²) in [6, 6.07) is 10.3. The largest absolute Gasteiger partial charge is 0.490 e. The first-order valence-corrected chi connectivity index (χ1v) is 11.1. The zero-order valence-corrected chi connectivity index (χ0v) is 20.7. The first-order chi connectivity index (χ1) is 15.9. The van der Waals surface area contributed by atoms with Crippen LogP contribution in [0.5, 0.6) is 11.5 Å². The molecule has 1 N–H and O–H groups in total. The van der Waals surface area contributed by atoms with Crippen LogP contribution in [0.1, 0.15) is 39.7 Å². The maximum atomic E-state index is 13.2. The molecule has 2 amide bonds. The molecule has 0 radical (unpaired) electrons. The second kappa shape index (κ2) is 11.7. The van der Waals surface area contributed by atoms with Crippen LogP contribution < -0.4 is 14.8 Å². The summed E-state index contributed by atoms with van der Waals surface area (Å²) in [6.45, 7) is 7.25. The fourth-order valence-electron chi connectivity index (χ4n) is 3.29. The molecule has 2 rings (SSSR count). The molecule has 0 spiro atoms. The van der Waals surface area contributed by atoms with E-state index in [0.29, 0.717) is 11.4 Å². The Kier molecular flexibility index (Phi) is 9.26. The topological polar surface area (TPSA) is 111 Å². The quantitative estimate of drug-likeness (QED) is 0.390. The molecule has 1 atom stereocenters. The Morgan fingerprint density at radius 2 is 1.82 bits per heavy atom. The molecule has 2 aromatic rings. The number of hydrogen-bond acceptors (Lipinski definition) is 6. The van der Waals surface area contributed by atoms with E-state index in [2.05, 4.69) is 5.32 Å². The van der Waals surface area contributed by atoms with Crippen LogP contribution in [0.4, 0.5) is 5.69 Å². The molecule has 0 unspecified atom stereocenters. The highest BCUT2D eigenvalue weighted by atomic mass is 35.5. The number of rotatable bonds is 10. The Hall–Kier alpha value is -3.33. The minimum Gasteiger partial charge on any atom is -0.490 e. The Morgan fingerprint density at radius 1 is 1.18 bits per heavy atom. The number of nitrogens with one attached hydrogen (secondary N) is 1. The van der Waals surface area contributed by atoms with Gasteiger partial charge in [-0.1, -0.05) is 30.7 Å². The summed E-state index contributed by atoms with van der Waals surface area (Å²) in [7, 11) is 1.31. The van der Waals surface area contributed by atoms with Crippen molar-refractivity contribution >= 4 is 29.1 Å². The van der Waals surface area contributed by atoms with Gasteiger partial charge in [0.15, 0.2) is 6.61 Å². The molecular weight excluding hydrogens is 462 g/mol. The number of ether oxygens (including phenoxy) is 2. The van der Waals surface area contributed by atoms with E-state index in [0.717, 1.165) is 5.56 Å². The average molecular weight is 492 g/mol. The molecule has 0 aromatic heterocycles. The maximum Gasteiger partial charge on any atom is 0.311 e. The first kappa shape index (κ1) is 26.9. The maximum absolute atomic E-state index is 13.2. The van der Waals surface area contributed by atoms with Crippen molar-refractivity contribution < 1.29 is 24.0 Å². The Bertz CT molecular complexity index is 1020. The number of carbonyl (C=O) groups is 2. The molecule has 0 aliphatic carbocycles. The van der Waals surface area contributed by atoms with Crippen molar-refractivity contribution in [1.82, 2.24) is 10.2 Å². The Balaban J connectivity index is 2.26. The monoisotopic (exact) mass is 491 g/mol. The number of nitro benzene ring substituents is 1. The van der Waals surface area contributed by atoms with Crippen LogP contribution in [-0.2, 0) is 16.1 Å². The summed E-state index contributed by atoms with van der Waals surface area (Å²) >= 11 is 5.98. The molecule has 10 heteroatoms. The van der Waals surface area contributed by atoms with Crippen LogP contribution in [-0.4, -0.2) is 46.9 Å². The van der Waals surface area contributed by atoms with Crippen molar-refractivity contribution in [3.8, 4) is 11.5 Å². The number of benzene rings is 2. The molecule has 2 aromatic carbocycles. The normalized spacial score (nSPS) is 11.9. The van der Waals surface area contributed by atoms with Gasteiger partial charge >= 0.3 is 5.69 Å². The molecule has 0 bridgehead atoms. The molecule has 0 saturated heterocycles. The third-order valence-corrected chi connectivity index (χ3v) is 5.11. The lowest BCUT2D eigenvalue weighted by Crippen LogP contribution is -2.54. The van der Waals surface area contributed by atoms with Crippen LogP contribution >= 0.6 is 11.6 Å². The van der Waals surface area contributed by atoms with Gasteiger partial charge in [0.25, 0.3) is 5.91 Å². The predicted molar refractivity (Wildman–Crippen MR) is 129 cm³/mol. The van der Waals surface area contributed by atoms with Crippen LogP contribution in [0.2, 0.25) is 5.02 Å². The summed E-state index contributed by atoms with van der Waals surface area (Å²) < 4.78 is 10.7. The van der Waals surface area contributed by atoms with Crippen LogP contribution in [0.25, 0.3) is 0 Å². The van der Waals surface area contributed by atoms with E-state index in [1.165, 1.54) is 30.2 Å². The van der Waals surface area contributed by atoms with Crippen molar-refractivity contribution in [3.63, 3.8) is 0 Å². The fraction of sp³-hybridized carbons (Fsp3) is 0.417. The summed E-state index contributed by atoms with van der Waals surface area (Å²) in [6.07, 6.45) is 0.395. The Labute approximate surface area is 204 Å². The third-order valence-electron chi connectivity index (χ3n) is 4.86. The van der Waals surface area contributed by atoms with Crippen molar-refractivity contribution in [3.05, 3.63) is 63.2 Å². The van der Waals surface area contributed by atoms with E-state index in [-0.39, 0.29) is 36.2 Å². The van der Waals surface area contributed by atoms with Gasteiger partial charge in [-0.25, -0.2) is 0 Å². The van der Waals surface area contributed by atoms with Gasteiger partial charge in [0.05, 0.1) is 12.0 Å². The number of nitrogens with zero attached hydrogens (tertiary/aromatic N) is 2. The SMILES string of the molecule is CC[C@H](C(=O)NC(C)(C)C)N(Cc1ccc(Cl)cc1)C(=O)COc1ccc([N+](=O)[O-])c(OC)c1. The molecule has 0 aliphatic heterocycles. The second-order valence-electron chi connectivity index (χ2n) is 8.69. The van der Waals surface area contributed by atoms with E-state index in [9.17, 15) is 19.7 Å². The summed E-state index contributed by atoms with van der Waals surface area (Å²) in [5.74, 6) is -0.434. The van der Waals surface area contributed by atoms with Crippen molar-refractivity contribution in [2.75, 3.05) is 13.7 Å². The highest BCUT2D eigenvalue weighted by Gasteiger charge is 2.31. The first-order valence-electron chi connectivity index (χ1n) is 10.8. The second-order valence-corrected chi connectivity index (χ2v) is 9.13. The smallest absolute Gasteiger partial charge is 0.311 e. The van der Waals surface area contributed by atoms with Gasteiger partial charge in [0.1, 0.15) is 11.8 Å². The molecular formula is C24H30ClN3O6. The van der Waals surface area contributed by atoms with Crippen molar-refractivity contribution in [1.29, 1.82) is 0 Å². The number of methoxy groups -OCH3 is 1. The fourth-order valence-corrected chi connectivity index (χ4v) is 3.41. The highest BCUT2D eigenvalue weighted by molar-refractivity contribution is 6.30. The number of nitro groups is 1. The molecule has 0 heterocycles. The van der Waals surface area contributed by atoms with Gasteiger partial charge < -0.3 is 19.7 Å². The highest BCUT2D eigenvalue weighted by Crippen LogP contribution is 2.30. The van der Waals surface area contributed by atoms with Gasteiger partial charge in [-0.15, -0.1) is 0 Å². The van der Waals surface area contributed by atoms with Crippen LogP contribution in [0, 0.1) is 10.1 Å². The van der Waals surface area contributed by atoms with E-state index < -0.39 is 22.4 Å². The molecule has 34 heavy (non-hydrogen) atoms. The Morgan fingerprint density at radius 3 is 2.35 bits per heavy atom. The van der Waals surface area contributed by atoms with Gasteiger partial charge in [-0.2, -0.15) is 0 Å². The lowest BCUT2D eigenvalue weighted by molar-refractivity contribution is -0.385. The zero-order valence-electron chi connectivity index (χ0n) is 20.0. The molecule has 9 nitrogen and oxygen atoms in total. The molecule has 0 saturated carbocycles. The number of amides is 2. The van der Waals surface area contributed by atoms with Gasteiger partial charge in [-0.05, 0) is 51.0 Å². The third kappa shape index (κ3) is 7.62. The zero-order chi connectivity index (χ0) is 25.5. The molecule has 0 aliphatic rings. The number of carbonyl (C=O) groups excluding carboxylic acids is 2. The number of hydrogen-bond donors (Lipinski definition) is 1. The standard InChI is InChI=1S/C24H30ClN3O6/c1-6-19(23(30)26-24(2,3)4)27(14-16-7-9-17(25)10-8-16)22(29)15-34-18-11-12-20(28(31)32)21(13-18)33-5/h7-13,19H,6,14-15H2,1-5H3,(H,26,30)/t19-/m1/s1. The summed E-state index contributed by atoms with van der Waals surface area (Å²) in [5, 5.41) is 14.6. The summed E-state index contributed by atoms with van der Waals surface area (Å²) in [4.78, 5) is 38.2. The van der Waals surface area contributed by atoms with Gasteiger partial charge in [0, 0.05) is 29.2 Å². The molecule has 0 fully saturated rings. The lowest BCUT2D eigenvalue weighted by atomic mass is 10.1. The minimum absolute atomic E-state index is 0.0176. The van der Waals surface area contributed by atoms with E-state index in [1.807, 2.05) is 27.7 Å². The van der Waals surface area contributed by atoms with Gasteiger partial charge in [0.2, 0.25) is 11.7 Å². The van der Waals surface area contributed by atoms with Crippen molar-refractivity contribution in [2.24, 2.45) is 0 Å². The summed E-state index contributed by atoms with van der Waals surface area (Å²) in [5.41, 5.74) is 0.123. The minimum atomic E-state index is -0.725. The van der Waals surface area contributed by atoms with Gasteiger partial charge in [-0.3, -0.25) is 19.7 Å². The van der Waals surface area contributed by atoms with Crippen LogP contribution in [0.3, 0.4) is 0 Å².